The maximum Gasteiger partial charge on any atom is 0.186 e. The first-order chi connectivity index (χ1) is 9.58. The minimum atomic E-state index is -2.07. The van der Waals surface area contributed by atoms with E-state index in [-0.39, 0.29) is 4.90 Å². The summed E-state index contributed by atoms with van der Waals surface area (Å²) in [6.45, 7) is 0. The Morgan fingerprint density at radius 1 is 1.10 bits per heavy atom. The van der Waals surface area contributed by atoms with Crippen LogP contribution in [-0.2, 0) is 11.1 Å². The van der Waals surface area contributed by atoms with Gasteiger partial charge in [-0.25, -0.2) is 4.21 Å². The van der Waals surface area contributed by atoms with Crippen LogP contribution in [-0.4, -0.2) is 23.0 Å². The monoisotopic (exact) mass is 312 g/mol. The summed E-state index contributed by atoms with van der Waals surface area (Å²) in [5.41, 5.74) is 1.38. The van der Waals surface area contributed by atoms with E-state index < -0.39 is 11.1 Å². The van der Waals surface area contributed by atoms with Crippen LogP contribution in [0, 0.1) is 0 Å². The zero-order valence-corrected chi connectivity index (χ0v) is 12.5. The topological polar surface area (TPSA) is 55.8 Å². The molecule has 6 heteroatoms. The molecule has 106 valence electrons. The lowest BCUT2D eigenvalue weighted by Crippen LogP contribution is -1.95. The molecule has 0 aliphatic carbocycles. The van der Waals surface area contributed by atoms with Gasteiger partial charge >= 0.3 is 0 Å². The van der Waals surface area contributed by atoms with Gasteiger partial charge in [-0.2, -0.15) is 0 Å². The SMILES string of the molecule is COc1cccc(OC)c1-c1ccc(S(=O)O)cc1Cl. The van der Waals surface area contributed by atoms with E-state index in [0.29, 0.717) is 27.6 Å². The van der Waals surface area contributed by atoms with Crippen LogP contribution in [0.1, 0.15) is 0 Å². The standard InChI is InChI=1S/C14H13ClO4S/c1-18-12-4-3-5-13(19-2)14(12)10-7-6-9(20(16)17)8-11(10)15/h3-8H,1-2H3,(H,16,17). The first-order valence-corrected chi connectivity index (χ1v) is 7.18. The molecular formula is C14H13ClO4S. The van der Waals surface area contributed by atoms with Crippen LogP contribution in [0.3, 0.4) is 0 Å². The molecule has 0 aromatic heterocycles. The van der Waals surface area contributed by atoms with Gasteiger partial charge in [0.15, 0.2) is 11.1 Å². The van der Waals surface area contributed by atoms with Crippen molar-refractivity contribution in [2.45, 2.75) is 4.90 Å². The number of benzene rings is 2. The molecule has 0 fully saturated rings. The molecule has 1 N–H and O–H groups in total. The van der Waals surface area contributed by atoms with Crippen LogP contribution in [0.5, 0.6) is 11.5 Å². The highest BCUT2D eigenvalue weighted by Crippen LogP contribution is 2.41. The Morgan fingerprint density at radius 2 is 1.70 bits per heavy atom. The van der Waals surface area contributed by atoms with Crippen LogP contribution in [0.4, 0.5) is 0 Å². The second kappa shape index (κ2) is 6.26. The van der Waals surface area contributed by atoms with Crippen molar-refractivity contribution in [2.75, 3.05) is 14.2 Å². The largest absolute Gasteiger partial charge is 0.496 e. The first-order valence-electron chi connectivity index (χ1n) is 5.70. The van der Waals surface area contributed by atoms with E-state index in [1.54, 1.807) is 38.5 Å². The first kappa shape index (κ1) is 14.8. The Morgan fingerprint density at radius 3 is 2.15 bits per heavy atom. The number of ether oxygens (including phenoxy) is 2. The molecule has 0 bridgehead atoms. The molecule has 20 heavy (non-hydrogen) atoms. The lowest BCUT2D eigenvalue weighted by atomic mass is 10.0. The van der Waals surface area contributed by atoms with Crippen molar-refractivity contribution in [3.05, 3.63) is 41.4 Å². The summed E-state index contributed by atoms with van der Waals surface area (Å²) in [4.78, 5) is 0.243. The van der Waals surface area contributed by atoms with Crippen molar-refractivity contribution < 1.29 is 18.2 Å². The van der Waals surface area contributed by atoms with Crippen LogP contribution in [0.25, 0.3) is 11.1 Å². The van der Waals surface area contributed by atoms with Gasteiger partial charge in [0.2, 0.25) is 0 Å². The average molecular weight is 313 g/mol. The van der Waals surface area contributed by atoms with Gasteiger partial charge in [-0.05, 0) is 24.3 Å². The lowest BCUT2D eigenvalue weighted by molar-refractivity contribution is 0.397. The van der Waals surface area contributed by atoms with Gasteiger partial charge < -0.3 is 14.0 Å². The van der Waals surface area contributed by atoms with Gasteiger partial charge in [0.05, 0.1) is 24.7 Å². The molecule has 0 radical (unpaired) electrons. The zero-order chi connectivity index (χ0) is 14.7. The summed E-state index contributed by atoms with van der Waals surface area (Å²) < 4.78 is 30.8. The highest BCUT2D eigenvalue weighted by atomic mass is 35.5. The maximum absolute atomic E-state index is 11.1. The van der Waals surface area contributed by atoms with E-state index in [0.717, 1.165) is 0 Å². The minimum absolute atomic E-state index is 0.243. The third-order valence-electron chi connectivity index (χ3n) is 2.84. The Bertz CT molecular complexity index is 635. The van der Waals surface area contributed by atoms with Gasteiger partial charge in [-0.1, -0.05) is 23.7 Å². The smallest absolute Gasteiger partial charge is 0.186 e. The van der Waals surface area contributed by atoms with Crippen molar-refractivity contribution in [3.63, 3.8) is 0 Å². The molecule has 4 nitrogen and oxygen atoms in total. The van der Waals surface area contributed by atoms with Crippen molar-refractivity contribution in [1.29, 1.82) is 0 Å². The summed E-state index contributed by atoms with van der Waals surface area (Å²) in [5.74, 6) is 1.23. The van der Waals surface area contributed by atoms with Gasteiger partial charge in [0.1, 0.15) is 11.5 Å². The summed E-state index contributed by atoms with van der Waals surface area (Å²) in [6, 6.07) is 10.1. The molecule has 0 amide bonds. The Labute approximate surface area is 124 Å². The summed E-state index contributed by atoms with van der Waals surface area (Å²) in [7, 11) is 3.12. The number of hydrogen-bond donors (Lipinski definition) is 1. The van der Waals surface area contributed by atoms with Crippen molar-refractivity contribution >= 4 is 22.7 Å². The van der Waals surface area contributed by atoms with Crippen molar-refractivity contribution in [3.8, 4) is 22.6 Å². The molecule has 0 heterocycles. The number of methoxy groups -OCH3 is 2. The molecule has 2 aromatic carbocycles. The third kappa shape index (κ3) is 2.80. The molecule has 0 spiro atoms. The summed E-state index contributed by atoms with van der Waals surface area (Å²) >= 11 is 4.14. The Balaban J connectivity index is 2.65. The third-order valence-corrected chi connectivity index (χ3v) is 3.81. The van der Waals surface area contributed by atoms with E-state index in [9.17, 15) is 4.21 Å². The highest BCUT2D eigenvalue weighted by Gasteiger charge is 2.16. The van der Waals surface area contributed by atoms with E-state index in [2.05, 4.69) is 0 Å². The second-order valence-electron chi connectivity index (χ2n) is 3.93. The summed E-state index contributed by atoms with van der Waals surface area (Å²) in [6.07, 6.45) is 0. The van der Waals surface area contributed by atoms with Crippen LogP contribution < -0.4 is 9.47 Å². The molecule has 0 saturated heterocycles. The van der Waals surface area contributed by atoms with Crippen LogP contribution in [0.15, 0.2) is 41.3 Å². The maximum atomic E-state index is 11.1. The molecule has 0 saturated carbocycles. The second-order valence-corrected chi connectivity index (χ2v) is 5.31. The molecule has 1 atom stereocenters. The normalized spacial score (nSPS) is 12.0. The van der Waals surface area contributed by atoms with E-state index in [1.807, 2.05) is 6.07 Å². The number of hydrogen-bond acceptors (Lipinski definition) is 3. The van der Waals surface area contributed by atoms with Gasteiger partial charge in [-0.15, -0.1) is 0 Å². The molecular weight excluding hydrogens is 300 g/mol. The fourth-order valence-electron chi connectivity index (χ4n) is 1.92. The van der Waals surface area contributed by atoms with Crippen molar-refractivity contribution in [1.82, 2.24) is 0 Å². The van der Waals surface area contributed by atoms with Gasteiger partial charge in [-0.3, -0.25) is 0 Å². The van der Waals surface area contributed by atoms with Crippen LogP contribution >= 0.6 is 11.6 Å². The Hall–Kier alpha value is -1.56. The molecule has 0 aliphatic rings. The minimum Gasteiger partial charge on any atom is -0.496 e. The molecule has 2 aromatic rings. The molecule has 1 unspecified atom stereocenters. The quantitative estimate of drug-likeness (QED) is 0.876. The Kier molecular flexibility index (Phi) is 4.65. The number of halogens is 1. The average Bonchev–Trinajstić information content (AvgIpc) is 2.46. The van der Waals surface area contributed by atoms with E-state index in [4.69, 9.17) is 25.6 Å². The predicted molar refractivity (Wildman–Crippen MR) is 79.0 cm³/mol. The zero-order valence-electron chi connectivity index (χ0n) is 10.9. The van der Waals surface area contributed by atoms with Crippen LogP contribution in [0.2, 0.25) is 5.02 Å². The van der Waals surface area contributed by atoms with E-state index in [1.165, 1.54) is 6.07 Å². The summed E-state index contributed by atoms with van der Waals surface area (Å²) in [5, 5.41) is 0.354. The highest BCUT2D eigenvalue weighted by molar-refractivity contribution is 7.79. The fraction of sp³-hybridized carbons (Fsp3) is 0.143. The van der Waals surface area contributed by atoms with Crippen molar-refractivity contribution in [2.24, 2.45) is 0 Å². The fourth-order valence-corrected chi connectivity index (χ4v) is 2.67. The van der Waals surface area contributed by atoms with Gasteiger partial charge in [0.25, 0.3) is 0 Å². The lowest BCUT2D eigenvalue weighted by Gasteiger charge is -2.14. The van der Waals surface area contributed by atoms with E-state index >= 15 is 0 Å². The van der Waals surface area contributed by atoms with Gasteiger partial charge in [0, 0.05) is 10.6 Å². The predicted octanol–water partition coefficient (Wildman–Crippen LogP) is 3.60. The molecule has 0 aliphatic heterocycles. The number of rotatable bonds is 4. The molecule has 2 rings (SSSR count).